The lowest BCUT2D eigenvalue weighted by Crippen LogP contribution is -2.50. The number of hydrogen-bond acceptors (Lipinski definition) is 5. The first-order valence-corrected chi connectivity index (χ1v) is 13.7. The molecule has 3 rings (SSSR count). The van der Waals surface area contributed by atoms with Crippen molar-refractivity contribution in [2.24, 2.45) is 5.92 Å². The van der Waals surface area contributed by atoms with Gasteiger partial charge in [-0.25, -0.2) is 4.79 Å². The summed E-state index contributed by atoms with van der Waals surface area (Å²) in [5.74, 6) is 0.326. The highest BCUT2D eigenvalue weighted by Gasteiger charge is 2.42. The summed E-state index contributed by atoms with van der Waals surface area (Å²) in [4.78, 5) is 18.0. The lowest BCUT2D eigenvalue weighted by molar-refractivity contribution is 0.181. The van der Waals surface area contributed by atoms with E-state index in [1.165, 1.54) is 0 Å². The Hall–Kier alpha value is -2.11. The van der Waals surface area contributed by atoms with Gasteiger partial charge in [-0.05, 0) is 43.3 Å². The van der Waals surface area contributed by atoms with Crippen molar-refractivity contribution in [3.63, 3.8) is 0 Å². The number of pyridine rings is 1. The Morgan fingerprint density at radius 1 is 1.40 bits per heavy atom. The van der Waals surface area contributed by atoms with Gasteiger partial charge < -0.3 is 19.7 Å². The van der Waals surface area contributed by atoms with Crippen LogP contribution in [-0.4, -0.2) is 43.6 Å². The monoisotopic (exact) mass is 430 g/mol. The molecule has 0 radical (unpaired) electrons. The minimum Gasteiger partial charge on any atom is -0.465 e. The maximum Gasteiger partial charge on any atom is 0.404 e. The van der Waals surface area contributed by atoms with Gasteiger partial charge in [-0.1, -0.05) is 27.7 Å². The van der Waals surface area contributed by atoms with E-state index in [1.54, 1.807) is 6.20 Å². The van der Waals surface area contributed by atoms with Crippen LogP contribution in [0.25, 0.3) is 0 Å². The molecule has 164 valence electrons. The Morgan fingerprint density at radius 2 is 2.10 bits per heavy atom. The summed E-state index contributed by atoms with van der Waals surface area (Å²) >= 11 is 0. The number of hydrogen-bond donors (Lipinski definition) is 2. The molecule has 8 heteroatoms. The third-order valence-electron chi connectivity index (χ3n) is 6.81. The summed E-state index contributed by atoms with van der Waals surface area (Å²) in [7, 11) is -1.95. The number of anilines is 1. The topological polar surface area (TPSA) is 98.5 Å². The number of piperidine rings is 1. The van der Waals surface area contributed by atoms with Crippen molar-refractivity contribution >= 4 is 20.1 Å². The van der Waals surface area contributed by atoms with Crippen molar-refractivity contribution in [2.75, 3.05) is 18.0 Å². The van der Waals surface area contributed by atoms with Crippen molar-refractivity contribution in [1.82, 2.24) is 10.3 Å². The smallest absolute Gasteiger partial charge is 0.404 e. The number of amides is 1. The first kappa shape index (κ1) is 22.6. The van der Waals surface area contributed by atoms with Crippen LogP contribution in [0.2, 0.25) is 18.1 Å². The fraction of sp³-hybridized carbons (Fsp3) is 0.682. The molecule has 0 saturated carbocycles. The van der Waals surface area contributed by atoms with Crippen molar-refractivity contribution in [3.8, 4) is 6.07 Å². The zero-order valence-electron chi connectivity index (χ0n) is 19.0. The van der Waals surface area contributed by atoms with E-state index in [2.05, 4.69) is 62.1 Å². The van der Waals surface area contributed by atoms with Crippen molar-refractivity contribution in [2.45, 2.75) is 77.2 Å². The van der Waals surface area contributed by atoms with E-state index in [-0.39, 0.29) is 17.2 Å². The van der Waals surface area contributed by atoms with Gasteiger partial charge in [0.1, 0.15) is 6.07 Å². The Balaban J connectivity index is 1.94. The zero-order valence-corrected chi connectivity index (χ0v) is 20.0. The second-order valence-corrected chi connectivity index (χ2v) is 15.1. The van der Waals surface area contributed by atoms with Crippen molar-refractivity contribution in [3.05, 3.63) is 23.0 Å². The molecule has 7 nitrogen and oxygen atoms in total. The van der Waals surface area contributed by atoms with E-state index in [0.29, 0.717) is 18.0 Å². The zero-order chi connectivity index (χ0) is 22.3. The van der Waals surface area contributed by atoms with Crippen LogP contribution in [0, 0.1) is 17.2 Å². The summed E-state index contributed by atoms with van der Waals surface area (Å²) in [6, 6.07) is 2.16. The standard InChI is InChI=1S/C22H34N4O3Si/c1-14-9-16(25-21(27)28)13-26(12-14)20-15(10-23)11-24-19-17(20)7-8-18(19)29-30(5,6)22(2,3)4/h11,14,16,18,25H,7-9,12-13H2,1-6H3,(H,27,28)/t14-,16+,18?/m1/s1. The number of aromatic nitrogens is 1. The first-order chi connectivity index (χ1) is 13.9. The Kier molecular flexibility index (Phi) is 6.17. The lowest BCUT2D eigenvalue weighted by atomic mass is 9.94. The number of rotatable bonds is 4. The molecule has 0 bridgehead atoms. The third kappa shape index (κ3) is 4.47. The summed E-state index contributed by atoms with van der Waals surface area (Å²) in [5, 5.41) is 21.7. The van der Waals surface area contributed by atoms with Gasteiger partial charge in [0.15, 0.2) is 8.32 Å². The predicted molar refractivity (Wildman–Crippen MR) is 119 cm³/mol. The molecule has 1 fully saturated rings. The van der Waals surface area contributed by atoms with Crippen LogP contribution in [0.1, 0.15) is 63.5 Å². The highest BCUT2D eigenvalue weighted by Crippen LogP contribution is 2.45. The van der Waals surface area contributed by atoms with E-state index in [1.807, 2.05) is 0 Å². The largest absolute Gasteiger partial charge is 0.465 e. The number of carbonyl (C=O) groups is 1. The molecule has 0 aromatic carbocycles. The molecule has 1 amide bonds. The molecule has 1 aromatic heterocycles. The molecule has 2 aliphatic rings. The number of carboxylic acid groups (broad SMARTS) is 1. The molecule has 2 heterocycles. The highest BCUT2D eigenvalue weighted by molar-refractivity contribution is 6.74. The minimum atomic E-state index is -1.95. The Bertz CT molecular complexity index is 859. The molecular formula is C22H34N4O3Si. The molecular weight excluding hydrogens is 396 g/mol. The number of nitriles is 1. The normalized spacial score (nSPS) is 24.3. The van der Waals surface area contributed by atoms with E-state index < -0.39 is 14.4 Å². The number of fused-ring (bicyclic) bond motifs is 1. The van der Waals surface area contributed by atoms with Crippen LogP contribution in [0.4, 0.5) is 10.5 Å². The lowest BCUT2D eigenvalue weighted by Gasteiger charge is -2.39. The molecule has 30 heavy (non-hydrogen) atoms. The van der Waals surface area contributed by atoms with E-state index in [0.717, 1.165) is 42.8 Å². The first-order valence-electron chi connectivity index (χ1n) is 10.8. The van der Waals surface area contributed by atoms with E-state index in [4.69, 9.17) is 9.53 Å². The van der Waals surface area contributed by atoms with Gasteiger partial charge in [-0.2, -0.15) is 5.26 Å². The Morgan fingerprint density at radius 3 is 2.70 bits per heavy atom. The van der Waals surface area contributed by atoms with Crippen LogP contribution in [0.3, 0.4) is 0 Å². The minimum absolute atomic E-state index is 0.0393. The highest BCUT2D eigenvalue weighted by atomic mass is 28.4. The van der Waals surface area contributed by atoms with Crippen molar-refractivity contribution < 1.29 is 14.3 Å². The molecule has 2 N–H and O–H groups in total. The van der Waals surface area contributed by atoms with Gasteiger partial charge >= 0.3 is 6.09 Å². The molecule has 3 atom stereocenters. The molecule has 1 unspecified atom stereocenters. The fourth-order valence-corrected chi connectivity index (χ4v) is 5.69. The second kappa shape index (κ2) is 8.20. The molecule has 1 aliphatic carbocycles. The SMILES string of the molecule is C[C@@H]1C[C@H](NC(=O)O)CN(c2c(C#N)cnc3c2CCC3O[Si](C)(C)C(C)(C)C)C1. The molecule has 1 saturated heterocycles. The van der Waals surface area contributed by atoms with Crippen LogP contribution in [0.5, 0.6) is 0 Å². The predicted octanol–water partition coefficient (Wildman–Crippen LogP) is 4.44. The quantitative estimate of drug-likeness (QED) is 0.685. The maximum atomic E-state index is 11.2. The van der Waals surface area contributed by atoms with Crippen LogP contribution < -0.4 is 10.2 Å². The van der Waals surface area contributed by atoms with Crippen LogP contribution in [-0.2, 0) is 10.8 Å². The Labute approximate surface area is 180 Å². The molecule has 1 aromatic rings. The number of nitrogens with zero attached hydrogens (tertiary/aromatic N) is 3. The van der Waals surface area contributed by atoms with Crippen LogP contribution in [0.15, 0.2) is 6.20 Å². The van der Waals surface area contributed by atoms with E-state index >= 15 is 0 Å². The third-order valence-corrected chi connectivity index (χ3v) is 11.3. The summed E-state index contributed by atoms with van der Waals surface area (Å²) in [6.45, 7) is 14.7. The molecule has 1 aliphatic heterocycles. The van der Waals surface area contributed by atoms with Gasteiger partial charge in [0, 0.05) is 30.9 Å². The van der Waals surface area contributed by atoms with Gasteiger partial charge in [-0.3, -0.25) is 4.98 Å². The number of nitrogens with one attached hydrogen (secondary N) is 1. The maximum absolute atomic E-state index is 11.2. The van der Waals surface area contributed by atoms with Gasteiger partial charge in [-0.15, -0.1) is 0 Å². The summed E-state index contributed by atoms with van der Waals surface area (Å²) in [6.07, 6.45) is 3.13. The van der Waals surface area contributed by atoms with Gasteiger partial charge in [0.25, 0.3) is 0 Å². The summed E-state index contributed by atoms with van der Waals surface area (Å²) < 4.78 is 6.69. The van der Waals surface area contributed by atoms with E-state index in [9.17, 15) is 10.1 Å². The van der Waals surface area contributed by atoms with Gasteiger partial charge in [0.2, 0.25) is 0 Å². The fourth-order valence-electron chi connectivity index (χ4n) is 4.40. The molecule has 0 spiro atoms. The van der Waals surface area contributed by atoms with Crippen molar-refractivity contribution in [1.29, 1.82) is 5.26 Å². The van der Waals surface area contributed by atoms with Crippen LogP contribution >= 0.6 is 0 Å². The second-order valence-electron chi connectivity index (χ2n) is 10.3. The average molecular weight is 431 g/mol. The average Bonchev–Trinajstić information content (AvgIpc) is 3.01. The summed E-state index contributed by atoms with van der Waals surface area (Å²) in [5.41, 5.74) is 3.54. The van der Waals surface area contributed by atoms with Gasteiger partial charge in [0.05, 0.1) is 23.0 Å².